The summed E-state index contributed by atoms with van der Waals surface area (Å²) in [6.07, 6.45) is 3.07. The third kappa shape index (κ3) is 2.84. The van der Waals surface area contributed by atoms with Crippen LogP contribution in [0.2, 0.25) is 10.0 Å². The maximum absolute atomic E-state index is 12.5. The van der Waals surface area contributed by atoms with Crippen molar-refractivity contribution in [2.75, 3.05) is 11.9 Å². The number of carbonyl (C=O) groups is 1. The van der Waals surface area contributed by atoms with Crippen LogP contribution < -0.4 is 0 Å². The van der Waals surface area contributed by atoms with Crippen molar-refractivity contribution in [1.82, 2.24) is 4.90 Å². The molecule has 1 aromatic rings. The average Bonchev–Trinajstić information content (AvgIpc) is 2.77. The molecule has 1 aliphatic heterocycles. The fourth-order valence-corrected chi connectivity index (χ4v) is 3.46. The Morgan fingerprint density at radius 3 is 2.67 bits per heavy atom. The fraction of sp³-hybridized carbons (Fsp3) is 0.462. The van der Waals surface area contributed by atoms with Crippen molar-refractivity contribution in [3.05, 3.63) is 33.8 Å². The van der Waals surface area contributed by atoms with Crippen LogP contribution >= 0.6 is 39.1 Å². The quantitative estimate of drug-likeness (QED) is 0.740. The van der Waals surface area contributed by atoms with Gasteiger partial charge >= 0.3 is 0 Å². The van der Waals surface area contributed by atoms with Gasteiger partial charge in [-0.1, -0.05) is 45.2 Å². The van der Waals surface area contributed by atoms with Crippen LogP contribution in [0, 0.1) is 0 Å². The first-order chi connectivity index (χ1) is 8.65. The van der Waals surface area contributed by atoms with Gasteiger partial charge in [-0.15, -0.1) is 0 Å². The van der Waals surface area contributed by atoms with Crippen LogP contribution in [0.5, 0.6) is 0 Å². The van der Waals surface area contributed by atoms with E-state index in [4.69, 9.17) is 23.2 Å². The highest BCUT2D eigenvalue weighted by Crippen LogP contribution is 2.29. The van der Waals surface area contributed by atoms with Crippen molar-refractivity contribution in [2.24, 2.45) is 0 Å². The summed E-state index contributed by atoms with van der Waals surface area (Å²) in [6, 6.07) is 5.46. The van der Waals surface area contributed by atoms with E-state index in [1.165, 1.54) is 0 Å². The Hall–Kier alpha value is -0.250. The lowest BCUT2D eigenvalue weighted by atomic mass is 10.1. The van der Waals surface area contributed by atoms with Crippen molar-refractivity contribution in [3.63, 3.8) is 0 Å². The largest absolute Gasteiger partial charge is 0.336 e. The standard InChI is InChI=1S/C13H14BrCl2NO/c14-7-6-9-3-2-8-17(9)13(18)12-10(15)4-1-5-11(12)16/h1,4-5,9H,2-3,6-8H2. The summed E-state index contributed by atoms with van der Waals surface area (Å²) in [5, 5.41) is 1.76. The van der Waals surface area contributed by atoms with E-state index >= 15 is 0 Å². The van der Waals surface area contributed by atoms with Crippen LogP contribution in [0.1, 0.15) is 29.6 Å². The number of carbonyl (C=O) groups excluding carboxylic acids is 1. The Morgan fingerprint density at radius 2 is 2.06 bits per heavy atom. The summed E-state index contributed by atoms with van der Waals surface area (Å²) in [7, 11) is 0. The lowest BCUT2D eigenvalue weighted by molar-refractivity contribution is 0.0735. The van der Waals surface area contributed by atoms with Gasteiger partial charge in [-0.25, -0.2) is 0 Å². The van der Waals surface area contributed by atoms with E-state index in [1.807, 2.05) is 4.90 Å². The van der Waals surface area contributed by atoms with E-state index in [1.54, 1.807) is 18.2 Å². The lowest BCUT2D eigenvalue weighted by Gasteiger charge is -2.25. The first-order valence-corrected chi connectivity index (χ1v) is 7.84. The van der Waals surface area contributed by atoms with Crippen LogP contribution in [0.15, 0.2) is 18.2 Å². The molecule has 1 aliphatic rings. The van der Waals surface area contributed by atoms with Crippen molar-refractivity contribution in [1.29, 1.82) is 0 Å². The minimum atomic E-state index is -0.0472. The second-order valence-corrected chi connectivity index (χ2v) is 5.98. The molecule has 0 aliphatic carbocycles. The van der Waals surface area contributed by atoms with Gasteiger partial charge in [0.15, 0.2) is 0 Å². The van der Waals surface area contributed by atoms with Crippen LogP contribution in [0.25, 0.3) is 0 Å². The summed E-state index contributed by atoms with van der Waals surface area (Å²) in [5.41, 5.74) is 0.433. The molecule has 0 saturated carbocycles. The highest BCUT2D eigenvalue weighted by atomic mass is 79.9. The lowest BCUT2D eigenvalue weighted by Crippen LogP contribution is -2.36. The van der Waals surface area contributed by atoms with Gasteiger partial charge in [0.1, 0.15) is 0 Å². The molecule has 1 unspecified atom stereocenters. The molecule has 0 N–H and O–H groups in total. The third-order valence-corrected chi connectivity index (χ3v) is 4.34. The molecule has 0 spiro atoms. The number of hydrogen-bond donors (Lipinski definition) is 0. The molecule has 5 heteroatoms. The van der Waals surface area contributed by atoms with Gasteiger partial charge in [-0.05, 0) is 31.4 Å². The number of nitrogens with zero attached hydrogens (tertiary/aromatic N) is 1. The van der Waals surface area contributed by atoms with E-state index in [-0.39, 0.29) is 5.91 Å². The number of rotatable bonds is 3. The molecule has 0 bridgehead atoms. The third-order valence-electron chi connectivity index (χ3n) is 3.26. The Balaban J connectivity index is 2.25. The predicted molar refractivity (Wildman–Crippen MR) is 78.9 cm³/mol. The monoisotopic (exact) mass is 349 g/mol. The summed E-state index contributed by atoms with van der Waals surface area (Å²) in [6.45, 7) is 0.790. The van der Waals surface area contributed by atoms with E-state index < -0.39 is 0 Å². The minimum Gasteiger partial charge on any atom is -0.336 e. The molecule has 0 aromatic heterocycles. The molecular weight excluding hydrogens is 337 g/mol. The van der Waals surface area contributed by atoms with Gasteiger partial charge < -0.3 is 4.90 Å². The Bertz CT molecular complexity index is 432. The first kappa shape index (κ1) is 14.2. The van der Waals surface area contributed by atoms with Crippen molar-refractivity contribution in [2.45, 2.75) is 25.3 Å². The number of alkyl halides is 1. The van der Waals surface area contributed by atoms with E-state index in [9.17, 15) is 4.79 Å². The normalized spacial score (nSPS) is 19.3. The topological polar surface area (TPSA) is 20.3 Å². The van der Waals surface area contributed by atoms with Crippen LogP contribution in [-0.4, -0.2) is 28.7 Å². The van der Waals surface area contributed by atoms with Crippen molar-refractivity contribution in [3.8, 4) is 0 Å². The number of halogens is 3. The highest BCUT2D eigenvalue weighted by Gasteiger charge is 2.30. The van der Waals surface area contributed by atoms with Crippen LogP contribution in [0.3, 0.4) is 0 Å². The minimum absolute atomic E-state index is 0.0472. The predicted octanol–water partition coefficient (Wildman–Crippen LogP) is 4.38. The Morgan fingerprint density at radius 1 is 1.39 bits per heavy atom. The maximum atomic E-state index is 12.5. The molecule has 1 amide bonds. The molecular formula is C13H14BrCl2NO. The molecule has 2 rings (SSSR count). The molecule has 1 heterocycles. The molecule has 2 nitrogen and oxygen atoms in total. The van der Waals surface area contributed by atoms with Gasteiger partial charge in [-0.2, -0.15) is 0 Å². The molecule has 1 aromatic carbocycles. The van der Waals surface area contributed by atoms with E-state index in [0.29, 0.717) is 21.7 Å². The molecule has 1 atom stereocenters. The van der Waals surface area contributed by atoms with E-state index in [2.05, 4.69) is 15.9 Å². The summed E-state index contributed by atoms with van der Waals surface area (Å²) in [5.74, 6) is -0.0472. The average molecular weight is 351 g/mol. The van der Waals surface area contributed by atoms with Crippen LogP contribution in [-0.2, 0) is 0 Å². The van der Waals surface area contributed by atoms with Gasteiger partial charge in [0.25, 0.3) is 5.91 Å². The van der Waals surface area contributed by atoms with Gasteiger partial charge in [0.05, 0.1) is 15.6 Å². The zero-order valence-electron chi connectivity index (χ0n) is 9.83. The second-order valence-electron chi connectivity index (χ2n) is 4.37. The second kappa shape index (κ2) is 6.27. The number of benzene rings is 1. The molecule has 1 saturated heterocycles. The SMILES string of the molecule is O=C(c1c(Cl)cccc1Cl)N1CCCC1CCBr. The van der Waals surface area contributed by atoms with Gasteiger partial charge in [0.2, 0.25) is 0 Å². The molecule has 1 fully saturated rings. The number of likely N-dealkylation sites (tertiary alicyclic amines) is 1. The number of amides is 1. The summed E-state index contributed by atoms with van der Waals surface area (Å²) >= 11 is 15.6. The fourth-order valence-electron chi connectivity index (χ4n) is 2.37. The van der Waals surface area contributed by atoms with E-state index in [0.717, 1.165) is 31.1 Å². The smallest absolute Gasteiger partial charge is 0.257 e. The number of hydrogen-bond acceptors (Lipinski definition) is 1. The van der Waals surface area contributed by atoms with Gasteiger partial charge in [-0.3, -0.25) is 4.79 Å². The molecule has 0 radical (unpaired) electrons. The maximum Gasteiger partial charge on any atom is 0.257 e. The molecule has 98 valence electrons. The Kier molecular flexibility index (Phi) is 4.93. The van der Waals surface area contributed by atoms with Crippen LogP contribution in [0.4, 0.5) is 0 Å². The zero-order chi connectivity index (χ0) is 13.1. The Labute approximate surface area is 125 Å². The first-order valence-electron chi connectivity index (χ1n) is 5.96. The summed E-state index contributed by atoms with van der Waals surface area (Å²) in [4.78, 5) is 14.4. The summed E-state index contributed by atoms with van der Waals surface area (Å²) < 4.78 is 0. The highest BCUT2D eigenvalue weighted by molar-refractivity contribution is 9.09. The van der Waals surface area contributed by atoms with Gasteiger partial charge in [0, 0.05) is 17.9 Å². The zero-order valence-corrected chi connectivity index (χ0v) is 12.9. The molecule has 18 heavy (non-hydrogen) atoms. The van der Waals surface area contributed by atoms with Crippen molar-refractivity contribution < 1.29 is 4.79 Å². The van der Waals surface area contributed by atoms with Crippen molar-refractivity contribution >= 4 is 45.0 Å².